The maximum absolute atomic E-state index is 12.0. The number of carboxylic acids is 1. The Morgan fingerprint density at radius 2 is 2.15 bits per heavy atom. The SMILES string of the molecule is CCNC(=O)NC(=O)C(C)N1CCOCC1CC(=O)O. The molecule has 3 N–H and O–H groups in total. The van der Waals surface area contributed by atoms with Crippen molar-refractivity contribution in [3.63, 3.8) is 0 Å². The number of imide groups is 1. The van der Waals surface area contributed by atoms with E-state index < -0.39 is 23.9 Å². The van der Waals surface area contributed by atoms with Crippen molar-refractivity contribution in [1.82, 2.24) is 15.5 Å². The van der Waals surface area contributed by atoms with Crippen LogP contribution in [0.25, 0.3) is 0 Å². The van der Waals surface area contributed by atoms with E-state index in [1.807, 2.05) is 0 Å². The minimum Gasteiger partial charge on any atom is -0.481 e. The van der Waals surface area contributed by atoms with Crippen molar-refractivity contribution in [2.45, 2.75) is 32.4 Å². The van der Waals surface area contributed by atoms with Crippen molar-refractivity contribution in [2.75, 3.05) is 26.3 Å². The summed E-state index contributed by atoms with van der Waals surface area (Å²) in [5, 5.41) is 13.6. The Morgan fingerprint density at radius 3 is 2.75 bits per heavy atom. The summed E-state index contributed by atoms with van der Waals surface area (Å²) in [7, 11) is 0. The Kier molecular flexibility index (Phi) is 6.40. The summed E-state index contributed by atoms with van der Waals surface area (Å²) in [5.41, 5.74) is 0. The molecule has 1 aliphatic heterocycles. The number of ether oxygens (including phenoxy) is 1. The molecule has 2 atom stereocenters. The van der Waals surface area contributed by atoms with Crippen LogP contribution in [0.1, 0.15) is 20.3 Å². The van der Waals surface area contributed by atoms with Crippen LogP contribution in [0.3, 0.4) is 0 Å². The van der Waals surface area contributed by atoms with Crippen LogP contribution in [-0.4, -0.2) is 66.3 Å². The van der Waals surface area contributed by atoms with Crippen molar-refractivity contribution >= 4 is 17.9 Å². The first-order valence-electron chi connectivity index (χ1n) is 6.59. The number of aliphatic carboxylic acids is 1. The number of nitrogens with one attached hydrogen (secondary N) is 2. The van der Waals surface area contributed by atoms with Crippen molar-refractivity contribution in [1.29, 1.82) is 0 Å². The molecule has 1 rings (SSSR count). The minimum atomic E-state index is -0.943. The average molecular weight is 287 g/mol. The van der Waals surface area contributed by atoms with Gasteiger partial charge in [-0.3, -0.25) is 19.8 Å². The summed E-state index contributed by atoms with van der Waals surface area (Å²) in [6.07, 6.45) is -0.0984. The number of hydrogen-bond acceptors (Lipinski definition) is 5. The van der Waals surface area contributed by atoms with Crippen molar-refractivity contribution in [3.8, 4) is 0 Å². The molecule has 1 aliphatic rings. The molecule has 0 spiro atoms. The van der Waals surface area contributed by atoms with Gasteiger partial charge in [0.25, 0.3) is 0 Å². The number of morpholine rings is 1. The molecular formula is C12H21N3O5. The van der Waals surface area contributed by atoms with Gasteiger partial charge in [0.1, 0.15) is 0 Å². The lowest BCUT2D eigenvalue weighted by Crippen LogP contribution is -2.56. The van der Waals surface area contributed by atoms with Crippen LogP contribution < -0.4 is 10.6 Å². The van der Waals surface area contributed by atoms with Gasteiger partial charge in [-0.05, 0) is 13.8 Å². The van der Waals surface area contributed by atoms with Gasteiger partial charge in [-0.2, -0.15) is 0 Å². The Bertz CT molecular complexity index is 374. The van der Waals surface area contributed by atoms with E-state index in [-0.39, 0.29) is 19.1 Å². The number of nitrogens with zero attached hydrogens (tertiary/aromatic N) is 1. The third-order valence-corrected chi connectivity index (χ3v) is 3.13. The summed E-state index contributed by atoms with van der Waals surface area (Å²) in [4.78, 5) is 35.9. The fourth-order valence-electron chi connectivity index (χ4n) is 2.13. The monoisotopic (exact) mass is 287 g/mol. The lowest BCUT2D eigenvalue weighted by Gasteiger charge is -2.38. The Hall–Kier alpha value is -1.67. The fraction of sp³-hybridized carbons (Fsp3) is 0.750. The number of amides is 3. The first-order valence-corrected chi connectivity index (χ1v) is 6.59. The first kappa shape index (κ1) is 16.4. The highest BCUT2D eigenvalue weighted by atomic mass is 16.5. The fourth-order valence-corrected chi connectivity index (χ4v) is 2.13. The summed E-state index contributed by atoms with van der Waals surface area (Å²) < 4.78 is 5.25. The highest BCUT2D eigenvalue weighted by Gasteiger charge is 2.32. The van der Waals surface area contributed by atoms with Gasteiger partial charge in [0.2, 0.25) is 5.91 Å². The second kappa shape index (κ2) is 7.81. The topological polar surface area (TPSA) is 108 Å². The molecule has 1 fully saturated rings. The Labute approximate surface area is 117 Å². The van der Waals surface area contributed by atoms with Crippen LogP contribution >= 0.6 is 0 Å². The number of urea groups is 1. The first-order chi connectivity index (χ1) is 9.45. The molecule has 0 aromatic carbocycles. The van der Waals surface area contributed by atoms with Gasteiger partial charge in [0, 0.05) is 19.1 Å². The largest absolute Gasteiger partial charge is 0.481 e. The van der Waals surface area contributed by atoms with Gasteiger partial charge >= 0.3 is 12.0 Å². The van der Waals surface area contributed by atoms with Gasteiger partial charge in [-0.15, -0.1) is 0 Å². The van der Waals surface area contributed by atoms with Crippen LogP contribution in [0, 0.1) is 0 Å². The second-order valence-electron chi connectivity index (χ2n) is 4.59. The molecule has 2 unspecified atom stereocenters. The van der Waals surface area contributed by atoms with E-state index in [1.165, 1.54) is 0 Å². The quantitative estimate of drug-likeness (QED) is 0.623. The Balaban J connectivity index is 2.61. The highest BCUT2D eigenvalue weighted by Crippen LogP contribution is 2.14. The van der Waals surface area contributed by atoms with E-state index >= 15 is 0 Å². The third kappa shape index (κ3) is 4.78. The van der Waals surface area contributed by atoms with Crippen LogP contribution in [0.5, 0.6) is 0 Å². The molecule has 0 aliphatic carbocycles. The van der Waals surface area contributed by atoms with Crippen LogP contribution in [0.4, 0.5) is 4.79 Å². The molecule has 1 heterocycles. The standard InChI is InChI=1S/C12H21N3O5/c1-3-13-12(19)14-11(18)8(2)15-4-5-20-7-9(15)6-10(16)17/h8-9H,3-7H2,1-2H3,(H,16,17)(H2,13,14,18,19). The van der Waals surface area contributed by atoms with Crippen LogP contribution in [0.15, 0.2) is 0 Å². The highest BCUT2D eigenvalue weighted by molar-refractivity contribution is 5.96. The molecule has 0 saturated carbocycles. The molecular weight excluding hydrogens is 266 g/mol. The molecule has 0 bridgehead atoms. The molecule has 8 nitrogen and oxygen atoms in total. The van der Waals surface area contributed by atoms with Gasteiger partial charge in [0.05, 0.1) is 25.7 Å². The lowest BCUT2D eigenvalue weighted by atomic mass is 10.1. The zero-order chi connectivity index (χ0) is 15.1. The van der Waals surface area contributed by atoms with E-state index in [4.69, 9.17) is 9.84 Å². The number of hydrogen-bond donors (Lipinski definition) is 3. The molecule has 0 aromatic heterocycles. The van der Waals surface area contributed by atoms with E-state index in [2.05, 4.69) is 10.6 Å². The summed E-state index contributed by atoms with van der Waals surface area (Å²) in [5.74, 6) is -1.39. The molecule has 8 heteroatoms. The van der Waals surface area contributed by atoms with E-state index in [0.29, 0.717) is 19.7 Å². The second-order valence-corrected chi connectivity index (χ2v) is 4.59. The summed E-state index contributed by atoms with van der Waals surface area (Å²) in [6.45, 7) is 4.99. The predicted molar refractivity (Wildman–Crippen MR) is 70.2 cm³/mol. The molecule has 0 aromatic rings. The van der Waals surface area contributed by atoms with Crippen molar-refractivity contribution < 1.29 is 24.2 Å². The maximum atomic E-state index is 12.0. The Morgan fingerprint density at radius 1 is 1.45 bits per heavy atom. The molecule has 0 radical (unpaired) electrons. The van der Waals surface area contributed by atoms with Gasteiger partial charge in [-0.1, -0.05) is 0 Å². The van der Waals surface area contributed by atoms with Crippen molar-refractivity contribution in [3.05, 3.63) is 0 Å². The van der Waals surface area contributed by atoms with Crippen LogP contribution in [-0.2, 0) is 14.3 Å². The zero-order valence-electron chi connectivity index (χ0n) is 11.7. The van der Waals surface area contributed by atoms with Gasteiger partial charge < -0.3 is 15.2 Å². The summed E-state index contributed by atoms with van der Waals surface area (Å²) in [6, 6.07) is -1.51. The van der Waals surface area contributed by atoms with Gasteiger partial charge in [0.15, 0.2) is 0 Å². The number of carboxylic acid groups (broad SMARTS) is 1. The smallest absolute Gasteiger partial charge is 0.321 e. The number of carbonyl (C=O) groups excluding carboxylic acids is 2. The predicted octanol–water partition coefficient (Wildman–Crippen LogP) is -0.604. The molecule has 3 amide bonds. The molecule has 20 heavy (non-hydrogen) atoms. The third-order valence-electron chi connectivity index (χ3n) is 3.13. The normalized spacial score (nSPS) is 21.0. The maximum Gasteiger partial charge on any atom is 0.321 e. The van der Waals surface area contributed by atoms with Crippen molar-refractivity contribution in [2.24, 2.45) is 0 Å². The zero-order valence-corrected chi connectivity index (χ0v) is 11.7. The lowest BCUT2D eigenvalue weighted by molar-refractivity contribution is -0.143. The van der Waals surface area contributed by atoms with Crippen LogP contribution in [0.2, 0.25) is 0 Å². The number of rotatable bonds is 5. The van der Waals surface area contributed by atoms with E-state index in [0.717, 1.165) is 0 Å². The average Bonchev–Trinajstić information content (AvgIpc) is 2.38. The van der Waals surface area contributed by atoms with E-state index in [1.54, 1.807) is 18.7 Å². The van der Waals surface area contributed by atoms with E-state index in [9.17, 15) is 14.4 Å². The summed E-state index contributed by atoms with van der Waals surface area (Å²) >= 11 is 0. The molecule has 114 valence electrons. The number of carbonyl (C=O) groups is 3. The minimum absolute atomic E-state index is 0.0984. The molecule has 1 saturated heterocycles. The van der Waals surface area contributed by atoms with Gasteiger partial charge in [-0.25, -0.2) is 4.79 Å².